The van der Waals surface area contributed by atoms with Crippen LogP contribution in [0, 0.1) is 5.92 Å². The van der Waals surface area contributed by atoms with Crippen molar-refractivity contribution < 1.29 is 28.2 Å². The lowest BCUT2D eigenvalue weighted by molar-refractivity contribution is -0.123. The van der Waals surface area contributed by atoms with E-state index in [0.29, 0.717) is 17.1 Å². The molecule has 0 unspecified atom stereocenters. The number of likely N-dealkylation sites (N-methyl/N-ethyl adjacent to an activating group) is 1. The first-order valence-corrected chi connectivity index (χ1v) is 8.37. The van der Waals surface area contributed by atoms with E-state index in [0.717, 1.165) is 0 Å². The van der Waals surface area contributed by atoms with Crippen molar-refractivity contribution in [2.45, 2.75) is 18.7 Å². The van der Waals surface area contributed by atoms with Crippen molar-refractivity contribution in [2.75, 3.05) is 36.5 Å². The Morgan fingerprint density at radius 1 is 1.38 bits per heavy atom. The van der Waals surface area contributed by atoms with Crippen LogP contribution >= 0.6 is 0 Å². The highest BCUT2D eigenvalue weighted by atomic mass is 19.1. The van der Waals surface area contributed by atoms with Crippen molar-refractivity contribution >= 4 is 29.3 Å². The molecule has 138 valence electrons. The summed E-state index contributed by atoms with van der Waals surface area (Å²) in [5.74, 6) is -0.549. The maximum Gasteiger partial charge on any atom is 0.414 e. The third-order valence-corrected chi connectivity index (χ3v) is 4.77. The van der Waals surface area contributed by atoms with Crippen molar-refractivity contribution in [3.05, 3.63) is 18.2 Å². The molecule has 2 fully saturated rings. The molecule has 4 rings (SSSR count). The Morgan fingerprint density at radius 2 is 2.15 bits per heavy atom. The molecule has 1 N–H and O–H groups in total. The number of halogens is 1. The van der Waals surface area contributed by atoms with Gasteiger partial charge in [0, 0.05) is 13.1 Å². The summed E-state index contributed by atoms with van der Waals surface area (Å²) in [6.07, 6.45) is -1.84. The van der Waals surface area contributed by atoms with Crippen molar-refractivity contribution in [1.82, 2.24) is 5.32 Å². The molecule has 2 aliphatic heterocycles. The topological polar surface area (TPSA) is 88.2 Å². The van der Waals surface area contributed by atoms with Crippen LogP contribution in [0.15, 0.2) is 18.2 Å². The van der Waals surface area contributed by atoms with Gasteiger partial charge in [0.25, 0.3) is 5.91 Å². The van der Waals surface area contributed by atoms with E-state index in [9.17, 15) is 18.8 Å². The first-order valence-electron chi connectivity index (χ1n) is 8.37. The van der Waals surface area contributed by atoms with Crippen LogP contribution in [0.2, 0.25) is 0 Å². The molecule has 3 atom stereocenters. The van der Waals surface area contributed by atoms with Crippen LogP contribution in [0.5, 0.6) is 5.75 Å². The number of hydrogen-bond donors (Lipinski definition) is 1. The summed E-state index contributed by atoms with van der Waals surface area (Å²) >= 11 is 0. The molecule has 0 aromatic heterocycles. The highest BCUT2D eigenvalue weighted by Gasteiger charge is 2.44. The number of fused-ring (bicyclic) bond motifs is 1. The molecule has 3 aliphatic rings. The molecule has 0 radical (unpaired) electrons. The van der Waals surface area contributed by atoms with Gasteiger partial charge in [0.15, 0.2) is 6.61 Å². The van der Waals surface area contributed by atoms with Gasteiger partial charge in [-0.1, -0.05) is 0 Å². The molecule has 9 heteroatoms. The second kappa shape index (κ2) is 6.15. The van der Waals surface area contributed by atoms with E-state index in [4.69, 9.17) is 9.47 Å². The van der Waals surface area contributed by atoms with E-state index in [1.165, 1.54) is 9.80 Å². The van der Waals surface area contributed by atoms with Gasteiger partial charge in [-0.05, 0) is 18.6 Å². The van der Waals surface area contributed by atoms with Crippen LogP contribution in [0.25, 0.3) is 0 Å². The normalized spacial score (nSPS) is 26.9. The molecule has 8 nitrogen and oxygen atoms in total. The lowest BCUT2D eigenvalue weighted by Crippen LogP contribution is -2.36. The first-order chi connectivity index (χ1) is 12.4. The smallest absolute Gasteiger partial charge is 0.414 e. The van der Waals surface area contributed by atoms with E-state index in [2.05, 4.69) is 5.32 Å². The summed E-state index contributed by atoms with van der Waals surface area (Å²) in [7, 11) is 1.66. The predicted molar refractivity (Wildman–Crippen MR) is 89.0 cm³/mol. The Bertz CT molecular complexity index is 786. The van der Waals surface area contributed by atoms with Gasteiger partial charge in [-0.2, -0.15) is 0 Å². The number of carbonyl (C=O) groups is 3. The van der Waals surface area contributed by atoms with E-state index in [-0.39, 0.29) is 37.9 Å². The molecular formula is C17H18FN3O5. The van der Waals surface area contributed by atoms with Gasteiger partial charge in [-0.25, -0.2) is 9.18 Å². The Morgan fingerprint density at radius 3 is 2.88 bits per heavy atom. The number of amides is 3. The number of ether oxygens (including phenoxy) is 2. The van der Waals surface area contributed by atoms with Crippen LogP contribution in [0.1, 0.15) is 6.42 Å². The van der Waals surface area contributed by atoms with Gasteiger partial charge in [-0.15, -0.1) is 0 Å². The number of cyclic esters (lactones) is 1. The molecule has 3 amide bonds. The zero-order valence-corrected chi connectivity index (χ0v) is 14.1. The number of hydrogen-bond acceptors (Lipinski definition) is 5. The van der Waals surface area contributed by atoms with E-state index in [1.54, 1.807) is 25.2 Å². The third kappa shape index (κ3) is 2.93. The maximum absolute atomic E-state index is 12.9. The van der Waals surface area contributed by atoms with Crippen LogP contribution in [0.4, 0.5) is 20.6 Å². The molecule has 1 aromatic rings. The quantitative estimate of drug-likeness (QED) is 0.857. The molecule has 1 saturated heterocycles. The molecule has 26 heavy (non-hydrogen) atoms. The standard InChI is InChI=1S/C17H18FN3O5/c1-20-13-3-2-9(4-14(13)25-8-15(20)22)21-7-10(26-17(21)24)6-19-16(23)11-5-12(11)18/h2-4,10-12H,5-8H2,1H3,(H,19,23)/t10-,11-,12+/m0/s1. The van der Waals surface area contributed by atoms with Crippen molar-refractivity contribution in [3.8, 4) is 5.75 Å². The molecule has 1 aliphatic carbocycles. The van der Waals surface area contributed by atoms with Gasteiger partial charge in [-0.3, -0.25) is 14.5 Å². The second-order valence-corrected chi connectivity index (χ2v) is 6.61. The van der Waals surface area contributed by atoms with Gasteiger partial charge in [0.1, 0.15) is 18.0 Å². The van der Waals surface area contributed by atoms with Crippen molar-refractivity contribution in [1.29, 1.82) is 0 Å². The Kier molecular flexibility index (Phi) is 3.93. The van der Waals surface area contributed by atoms with Gasteiger partial charge >= 0.3 is 6.09 Å². The molecule has 0 bridgehead atoms. The summed E-state index contributed by atoms with van der Waals surface area (Å²) in [6, 6.07) is 5.09. The summed E-state index contributed by atoms with van der Waals surface area (Å²) in [6.45, 7) is 0.349. The zero-order valence-electron chi connectivity index (χ0n) is 14.1. The molecular weight excluding hydrogens is 345 g/mol. The van der Waals surface area contributed by atoms with E-state index < -0.39 is 24.3 Å². The average Bonchev–Trinajstić information content (AvgIpc) is 3.24. The van der Waals surface area contributed by atoms with Gasteiger partial charge in [0.05, 0.1) is 30.4 Å². The lowest BCUT2D eigenvalue weighted by atomic mass is 10.2. The minimum Gasteiger partial charge on any atom is -0.481 e. The fourth-order valence-corrected chi connectivity index (χ4v) is 3.05. The van der Waals surface area contributed by atoms with Gasteiger partial charge in [0.2, 0.25) is 5.91 Å². The maximum atomic E-state index is 12.9. The minimum atomic E-state index is -1.06. The third-order valence-electron chi connectivity index (χ3n) is 4.77. The highest BCUT2D eigenvalue weighted by molar-refractivity contribution is 5.98. The number of rotatable bonds is 4. The van der Waals surface area contributed by atoms with Crippen LogP contribution in [-0.4, -0.2) is 56.9 Å². The Hall–Kier alpha value is -2.84. The van der Waals surface area contributed by atoms with Crippen LogP contribution in [0.3, 0.4) is 0 Å². The number of alkyl halides is 1. The molecule has 1 saturated carbocycles. The van der Waals surface area contributed by atoms with Gasteiger partial charge < -0.3 is 19.7 Å². The monoisotopic (exact) mass is 363 g/mol. The van der Waals surface area contributed by atoms with Crippen molar-refractivity contribution in [2.24, 2.45) is 5.92 Å². The Balaban J connectivity index is 1.41. The van der Waals surface area contributed by atoms with Crippen LogP contribution in [-0.2, 0) is 14.3 Å². The summed E-state index contributed by atoms with van der Waals surface area (Å²) < 4.78 is 23.6. The number of nitrogens with zero attached hydrogens (tertiary/aromatic N) is 2. The summed E-state index contributed by atoms with van der Waals surface area (Å²) in [4.78, 5) is 38.4. The van der Waals surface area contributed by atoms with Crippen molar-refractivity contribution in [3.63, 3.8) is 0 Å². The zero-order chi connectivity index (χ0) is 18.4. The number of anilines is 2. The largest absolute Gasteiger partial charge is 0.481 e. The molecule has 1 aromatic carbocycles. The van der Waals surface area contributed by atoms with Crippen LogP contribution < -0.4 is 19.9 Å². The number of carbonyl (C=O) groups excluding carboxylic acids is 3. The van der Waals surface area contributed by atoms with E-state index in [1.807, 2.05) is 0 Å². The highest BCUT2D eigenvalue weighted by Crippen LogP contribution is 2.36. The second-order valence-electron chi connectivity index (χ2n) is 6.61. The fourth-order valence-electron chi connectivity index (χ4n) is 3.05. The summed E-state index contributed by atoms with van der Waals surface area (Å²) in [5.41, 5.74) is 1.21. The summed E-state index contributed by atoms with van der Waals surface area (Å²) in [5, 5.41) is 2.62. The predicted octanol–water partition coefficient (Wildman–Crippen LogP) is 0.841. The first kappa shape index (κ1) is 16.6. The fraction of sp³-hybridized carbons (Fsp3) is 0.471. The molecule has 2 heterocycles. The minimum absolute atomic E-state index is 0.0528. The average molecular weight is 363 g/mol. The number of benzene rings is 1. The Labute approximate surface area is 148 Å². The molecule has 0 spiro atoms. The SMILES string of the molecule is CN1C(=O)COc2cc(N3C[C@H](CNC(=O)[C@H]4C[C@H]4F)OC3=O)ccc21. The van der Waals surface area contributed by atoms with E-state index >= 15 is 0 Å². The number of nitrogens with one attached hydrogen (secondary N) is 1. The lowest BCUT2D eigenvalue weighted by Gasteiger charge is -2.27.